The Morgan fingerprint density at radius 3 is 1.50 bits per heavy atom. The Labute approximate surface area is 135 Å². The summed E-state index contributed by atoms with van der Waals surface area (Å²) >= 11 is 0. The summed E-state index contributed by atoms with van der Waals surface area (Å²) in [4.78, 5) is 22.6. The Morgan fingerprint density at radius 2 is 1.09 bits per heavy atom. The van der Waals surface area contributed by atoms with Crippen molar-refractivity contribution in [2.45, 2.75) is 102 Å². The van der Waals surface area contributed by atoms with Crippen molar-refractivity contribution in [2.75, 3.05) is 0 Å². The number of nitro groups is 1. The molecule has 1 atom stereocenters. The normalized spacial score (nSPS) is 24.0. The van der Waals surface area contributed by atoms with Crippen LogP contribution in [0.1, 0.15) is 96.3 Å². The summed E-state index contributed by atoms with van der Waals surface area (Å²) in [5.74, 6) is -0.149. The van der Waals surface area contributed by atoms with Crippen molar-refractivity contribution in [2.24, 2.45) is 0 Å². The summed E-state index contributed by atoms with van der Waals surface area (Å²) in [6.45, 7) is 0. The predicted molar refractivity (Wildman–Crippen MR) is 90.1 cm³/mol. The van der Waals surface area contributed by atoms with Gasteiger partial charge in [0.2, 0.25) is 5.78 Å². The molecule has 0 radical (unpaired) electrons. The lowest BCUT2D eigenvalue weighted by atomic mass is 9.99. The van der Waals surface area contributed by atoms with Gasteiger partial charge in [0, 0.05) is 17.8 Å². The van der Waals surface area contributed by atoms with E-state index >= 15 is 0 Å². The third-order valence-electron chi connectivity index (χ3n) is 4.53. The fourth-order valence-corrected chi connectivity index (χ4v) is 3.13. The number of carbonyl (C=O) groups is 1. The van der Waals surface area contributed by atoms with Crippen molar-refractivity contribution in [3.8, 4) is 0 Å². The highest BCUT2D eigenvalue weighted by Crippen LogP contribution is 2.16. The zero-order valence-electron chi connectivity index (χ0n) is 14.1. The Balaban J connectivity index is 0.00000441. The molecule has 0 aromatic rings. The topological polar surface area (TPSA) is 95.2 Å². The molecule has 0 bridgehead atoms. The molecular weight excluding hydrogens is 280 g/mol. The fourth-order valence-electron chi connectivity index (χ4n) is 3.13. The zero-order chi connectivity index (χ0) is 15.3. The number of nitrogens with zero attached hydrogens (tertiary/aromatic N) is 1. The number of rotatable bonds is 1. The van der Waals surface area contributed by atoms with Gasteiger partial charge >= 0.3 is 0 Å². The number of Topliss-reactive ketones (excluding diaryl/α,β-unsaturated/α-hetero) is 1. The second-order valence-electron chi connectivity index (χ2n) is 6.40. The Morgan fingerprint density at radius 1 is 0.727 bits per heavy atom. The van der Waals surface area contributed by atoms with Crippen molar-refractivity contribution < 1.29 is 9.72 Å². The number of hydrogen-bond donors (Lipinski definition) is 1. The first-order valence-electron chi connectivity index (χ1n) is 8.88. The smallest absolute Gasteiger partial charge is 0.270 e. The molecule has 1 unspecified atom stereocenters. The van der Waals surface area contributed by atoms with Gasteiger partial charge in [-0.3, -0.25) is 14.9 Å². The average Bonchev–Trinajstić information content (AvgIpc) is 2.45. The highest BCUT2D eigenvalue weighted by Gasteiger charge is 2.27. The summed E-state index contributed by atoms with van der Waals surface area (Å²) in [6.07, 6.45) is 15.9. The van der Waals surface area contributed by atoms with Crippen molar-refractivity contribution in [3.63, 3.8) is 0 Å². The van der Waals surface area contributed by atoms with Gasteiger partial charge in [-0.2, -0.15) is 0 Å². The molecule has 130 valence electrons. The van der Waals surface area contributed by atoms with Crippen molar-refractivity contribution in [1.82, 2.24) is 6.15 Å². The highest BCUT2D eigenvalue weighted by atomic mass is 16.6. The molecule has 0 aliphatic heterocycles. The summed E-state index contributed by atoms with van der Waals surface area (Å²) in [5.41, 5.74) is 0. The standard InChI is InChI=1S/C17H31NO3.H3N/c19-17-15-13-11-9-7-5-3-1-2-4-6-8-10-12-14-16(17)18(20)21;/h16H,1-15H2;1H3. The molecule has 0 spiro atoms. The Kier molecular flexibility index (Phi) is 13.1. The first-order chi connectivity index (χ1) is 10.2. The molecule has 0 heterocycles. The lowest BCUT2D eigenvalue weighted by molar-refractivity contribution is -0.508. The summed E-state index contributed by atoms with van der Waals surface area (Å²) in [6, 6.07) is -0.944. The van der Waals surface area contributed by atoms with Gasteiger partial charge in [-0.25, -0.2) is 0 Å². The lowest BCUT2D eigenvalue weighted by Gasteiger charge is -2.08. The third kappa shape index (κ3) is 9.87. The van der Waals surface area contributed by atoms with Crippen LogP contribution in [0.15, 0.2) is 0 Å². The van der Waals surface area contributed by atoms with Gasteiger partial charge in [0.15, 0.2) is 0 Å². The van der Waals surface area contributed by atoms with Crippen LogP contribution in [0.3, 0.4) is 0 Å². The van der Waals surface area contributed by atoms with E-state index in [1.165, 1.54) is 44.9 Å². The molecule has 1 fully saturated rings. The highest BCUT2D eigenvalue weighted by molar-refractivity contribution is 5.82. The van der Waals surface area contributed by atoms with Gasteiger partial charge in [0.25, 0.3) is 6.04 Å². The van der Waals surface area contributed by atoms with Gasteiger partial charge in [-0.05, 0) is 12.8 Å². The summed E-state index contributed by atoms with van der Waals surface area (Å²) in [7, 11) is 0. The summed E-state index contributed by atoms with van der Waals surface area (Å²) in [5, 5.41) is 11.0. The fraction of sp³-hybridized carbons (Fsp3) is 0.941. The average molecular weight is 314 g/mol. The number of ketones is 1. The first-order valence-corrected chi connectivity index (χ1v) is 8.88. The maximum atomic E-state index is 12.0. The SMILES string of the molecule is N.O=C1CCCCCCCCCCCCCCCC1[N+](=O)[O-]. The van der Waals surface area contributed by atoms with Crippen LogP contribution in [0.5, 0.6) is 0 Å². The maximum absolute atomic E-state index is 12.0. The monoisotopic (exact) mass is 314 g/mol. The van der Waals surface area contributed by atoms with E-state index in [-0.39, 0.29) is 16.9 Å². The van der Waals surface area contributed by atoms with Gasteiger partial charge in [-0.1, -0.05) is 70.6 Å². The minimum absolute atomic E-state index is 0. The molecule has 5 nitrogen and oxygen atoms in total. The van der Waals surface area contributed by atoms with Crippen LogP contribution in [0.25, 0.3) is 0 Å². The summed E-state index contributed by atoms with van der Waals surface area (Å²) < 4.78 is 0. The van der Waals surface area contributed by atoms with Crippen molar-refractivity contribution >= 4 is 5.78 Å². The maximum Gasteiger partial charge on any atom is 0.270 e. The molecule has 1 saturated carbocycles. The van der Waals surface area contributed by atoms with E-state index in [9.17, 15) is 14.9 Å². The molecule has 1 aliphatic carbocycles. The molecule has 5 heteroatoms. The van der Waals surface area contributed by atoms with Gasteiger partial charge in [0.05, 0.1) is 0 Å². The van der Waals surface area contributed by atoms with Crippen LogP contribution in [-0.2, 0) is 4.79 Å². The van der Waals surface area contributed by atoms with Crippen LogP contribution < -0.4 is 6.15 Å². The van der Waals surface area contributed by atoms with Crippen LogP contribution in [-0.4, -0.2) is 16.7 Å². The molecule has 0 aromatic heterocycles. The largest absolute Gasteiger partial charge is 0.344 e. The lowest BCUT2D eigenvalue weighted by Crippen LogP contribution is -2.29. The van der Waals surface area contributed by atoms with Crippen molar-refractivity contribution in [1.29, 1.82) is 0 Å². The Bertz CT molecular complexity index is 308. The molecule has 0 saturated heterocycles. The van der Waals surface area contributed by atoms with E-state index in [2.05, 4.69) is 0 Å². The zero-order valence-corrected chi connectivity index (χ0v) is 14.1. The van der Waals surface area contributed by atoms with Crippen LogP contribution in [0.2, 0.25) is 0 Å². The van der Waals surface area contributed by atoms with E-state index in [4.69, 9.17) is 0 Å². The van der Waals surface area contributed by atoms with E-state index in [0.717, 1.165) is 38.5 Å². The molecule has 1 aliphatic rings. The number of carbonyl (C=O) groups excluding carboxylic acids is 1. The third-order valence-corrected chi connectivity index (χ3v) is 4.53. The van der Waals surface area contributed by atoms with Gasteiger partial charge in [-0.15, -0.1) is 0 Å². The van der Waals surface area contributed by atoms with E-state index in [1.807, 2.05) is 0 Å². The molecule has 0 aromatic carbocycles. The van der Waals surface area contributed by atoms with E-state index in [0.29, 0.717) is 12.8 Å². The predicted octanol–water partition coefficient (Wildman–Crippen LogP) is 5.23. The second kappa shape index (κ2) is 13.7. The first kappa shape index (κ1) is 21.0. The Hall–Kier alpha value is -0.970. The van der Waals surface area contributed by atoms with Crippen LogP contribution >= 0.6 is 0 Å². The van der Waals surface area contributed by atoms with Crippen LogP contribution in [0.4, 0.5) is 0 Å². The molecule has 0 amide bonds. The van der Waals surface area contributed by atoms with Gasteiger partial charge < -0.3 is 6.15 Å². The number of hydrogen-bond acceptors (Lipinski definition) is 4. The second-order valence-corrected chi connectivity index (χ2v) is 6.40. The minimum Gasteiger partial charge on any atom is -0.344 e. The minimum atomic E-state index is -0.944. The molecular formula is C17H34N2O3. The quantitative estimate of drug-likeness (QED) is 0.529. The van der Waals surface area contributed by atoms with Gasteiger partial charge in [0.1, 0.15) is 0 Å². The molecule has 3 N–H and O–H groups in total. The molecule has 22 heavy (non-hydrogen) atoms. The van der Waals surface area contributed by atoms with E-state index < -0.39 is 6.04 Å². The van der Waals surface area contributed by atoms with E-state index in [1.54, 1.807) is 0 Å². The van der Waals surface area contributed by atoms with Crippen LogP contribution in [0, 0.1) is 10.1 Å². The molecule has 1 rings (SSSR count). The van der Waals surface area contributed by atoms with Crippen molar-refractivity contribution in [3.05, 3.63) is 10.1 Å².